The minimum absolute atomic E-state index is 0.171. The minimum Gasteiger partial charge on any atom is -0.497 e. The van der Waals surface area contributed by atoms with E-state index in [1.807, 2.05) is 35.2 Å². The molecule has 3 heterocycles. The molecule has 180 valence electrons. The number of H-pyrrole nitrogens is 1. The molecule has 1 saturated heterocycles. The number of piperazine rings is 1. The Hall–Kier alpha value is -3.87. The first-order chi connectivity index (χ1) is 17.1. The third-order valence-electron chi connectivity index (χ3n) is 6.68. The first-order valence-electron chi connectivity index (χ1n) is 12.0. The van der Waals surface area contributed by atoms with Crippen LogP contribution in [0.5, 0.6) is 5.75 Å². The number of ether oxygens (including phenoxy) is 1. The van der Waals surface area contributed by atoms with Gasteiger partial charge in [-0.15, -0.1) is 0 Å². The molecule has 1 amide bonds. The number of aromatic nitrogens is 2. The molecule has 0 aliphatic carbocycles. The fourth-order valence-electron chi connectivity index (χ4n) is 4.79. The highest BCUT2D eigenvalue weighted by atomic mass is 19.1. The number of carbonyl (C=O) groups excluding carboxylic acids is 1. The fraction of sp³-hybridized carbons (Fsp3) is 0.286. The number of methoxy groups -OCH3 is 1. The van der Waals surface area contributed by atoms with Gasteiger partial charge in [0.05, 0.1) is 18.5 Å². The number of halogens is 1. The van der Waals surface area contributed by atoms with Crippen molar-refractivity contribution in [1.82, 2.24) is 14.9 Å². The van der Waals surface area contributed by atoms with Crippen molar-refractivity contribution >= 4 is 22.5 Å². The molecule has 7 heteroatoms. The number of pyridine rings is 1. The van der Waals surface area contributed by atoms with Crippen molar-refractivity contribution in [3.05, 3.63) is 78.2 Å². The van der Waals surface area contributed by atoms with Crippen LogP contribution in [-0.4, -0.2) is 54.1 Å². The van der Waals surface area contributed by atoms with Gasteiger partial charge in [-0.3, -0.25) is 9.78 Å². The van der Waals surface area contributed by atoms with Crippen LogP contribution in [0, 0.1) is 5.82 Å². The van der Waals surface area contributed by atoms with Crippen LogP contribution in [-0.2, 0) is 11.2 Å². The highest BCUT2D eigenvalue weighted by molar-refractivity contribution is 5.90. The Morgan fingerprint density at radius 2 is 1.86 bits per heavy atom. The number of hydrogen-bond acceptors (Lipinski definition) is 4. The highest BCUT2D eigenvalue weighted by Gasteiger charge is 2.22. The molecule has 35 heavy (non-hydrogen) atoms. The van der Waals surface area contributed by atoms with E-state index in [4.69, 9.17) is 4.74 Å². The van der Waals surface area contributed by atoms with Gasteiger partial charge in [0.1, 0.15) is 11.6 Å². The van der Waals surface area contributed by atoms with Crippen molar-refractivity contribution < 1.29 is 13.9 Å². The van der Waals surface area contributed by atoms with Gasteiger partial charge in [-0.1, -0.05) is 6.07 Å². The molecule has 4 aromatic rings. The van der Waals surface area contributed by atoms with Gasteiger partial charge in [0.15, 0.2) is 0 Å². The fourth-order valence-corrected chi connectivity index (χ4v) is 4.79. The number of hydrogen-bond donors (Lipinski definition) is 1. The molecule has 0 bridgehead atoms. The summed E-state index contributed by atoms with van der Waals surface area (Å²) in [6.07, 6.45) is 3.58. The molecule has 0 spiro atoms. The molecule has 1 aliphatic rings. The average molecular weight is 473 g/mol. The molecular weight excluding hydrogens is 443 g/mol. The number of aryl methyl sites for hydroxylation is 1. The van der Waals surface area contributed by atoms with Crippen LogP contribution < -0.4 is 9.64 Å². The predicted molar refractivity (Wildman–Crippen MR) is 136 cm³/mol. The molecule has 6 nitrogen and oxygen atoms in total. The zero-order valence-corrected chi connectivity index (χ0v) is 19.8. The number of benzene rings is 2. The maximum absolute atomic E-state index is 14.0. The lowest BCUT2D eigenvalue weighted by molar-refractivity contribution is -0.131. The van der Waals surface area contributed by atoms with Crippen LogP contribution in [0.15, 0.2) is 66.9 Å². The summed E-state index contributed by atoms with van der Waals surface area (Å²) in [7, 11) is 1.66. The summed E-state index contributed by atoms with van der Waals surface area (Å²) in [5, 5.41) is 0.853. The van der Waals surface area contributed by atoms with Gasteiger partial charge in [0.25, 0.3) is 0 Å². The van der Waals surface area contributed by atoms with E-state index in [-0.39, 0.29) is 11.7 Å². The number of nitrogens with zero attached hydrogens (tertiary/aromatic N) is 3. The molecule has 0 saturated carbocycles. The van der Waals surface area contributed by atoms with Crippen LogP contribution in [0.2, 0.25) is 0 Å². The summed E-state index contributed by atoms with van der Waals surface area (Å²) < 4.78 is 19.2. The maximum atomic E-state index is 14.0. The van der Waals surface area contributed by atoms with E-state index in [9.17, 15) is 9.18 Å². The quantitative estimate of drug-likeness (QED) is 0.409. The maximum Gasteiger partial charge on any atom is 0.222 e. The first kappa shape index (κ1) is 22.9. The first-order valence-corrected chi connectivity index (χ1v) is 12.0. The highest BCUT2D eigenvalue weighted by Crippen LogP contribution is 2.31. The molecule has 5 rings (SSSR count). The molecule has 1 N–H and O–H groups in total. The summed E-state index contributed by atoms with van der Waals surface area (Å²) >= 11 is 0. The van der Waals surface area contributed by atoms with E-state index in [2.05, 4.69) is 27.0 Å². The van der Waals surface area contributed by atoms with Gasteiger partial charge < -0.3 is 19.5 Å². The standard InChI is InChI=1S/C28H29FN4O2/c1-35-22-11-9-21(10-12-22)32-15-17-33(18-16-32)27(34)7-4-5-23-24-19-20(29)8-13-25(24)31-28(23)26-6-2-3-14-30-26/h2-3,6,8-14,19,31H,4-5,7,15-18H2,1H3. The summed E-state index contributed by atoms with van der Waals surface area (Å²) in [6.45, 7) is 3.04. The van der Waals surface area contributed by atoms with Gasteiger partial charge in [0.2, 0.25) is 5.91 Å². The third kappa shape index (κ3) is 4.99. The lowest BCUT2D eigenvalue weighted by atomic mass is 10.0. The van der Waals surface area contributed by atoms with Gasteiger partial charge in [-0.05, 0) is 73.0 Å². The molecule has 0 unspecified atom stereocenters. The molecule has 2 aromatic carbocycles. The Kier molecular flexibility index (Phi) is 6.66. The molecule has 1 fully saturated rings. The lowest BCUT2D eigenvalue weighted by Gasteiger charge is -2.36. The van der Waals surface area contributed by atoms with Crippen LogP contribution in [0.25, 0.3) is 22.3 Å². The Bertz CT molecular complexity index is 1300. The summed E-state index contributed by atoms with van der Waals surface area (Å²) in [5.74, 6) is 0.743. The van der Waals surface area contributed by atoms with Gasteiger partial charge in [0, 0.05) is 55.4 Å². The Morgan fingerprint density at radius 1 is 1.06 bits per heavy atom. The van der Waals surface area contributed by atoms with Gasteiger partial charge in [-0.2, -0.15) is 0 Å². The molecule has 2 aromatic heterocycles. The normalized spacial score (nSPS) is 13.9. The summed E-state index contributed by atoms with van der Waals surface area (Å²) in [5.41, 5.74) is 4.75. The Balaban J connectivity index is 1.21. The molecule has 0 atom stereocenters. The van der Waals surface area contributed by atoms with Crippen LogP contribution in [0.1, 0.15) is 18.4 Å². The zero-order chi connectivity index (χ0) is 24.2. The average Bonchev–Trinajstić information content (AvgIpc) is 3.27. The number of nitrogens with one attached hydrogen (secondary N) is 1. The number of fused-ring (bicyclic) bond motifs is 1. The van der Waals surface area contributed by atoms with Crippen molar-refractivity contribution in [1.29, 1.82) is 0 Å². The number of carbonyl (C=O) groups is 1. The smallest absolute Gasteiger partial charge is 0.222 e. The molecular formula is C28H29FN4O2. The predicted octanol–water partition coefficient (Wildman–Crippen LogP) is 5.05. The summed E-state index contributed by atoms with van der Waals surface area (Å²) in [6, 6.07) is 18.6. The Morgan fingerprint density at radius 3 is 2.57 bits per heavy atom. The van der Waals surface area contributed by atoms with E-state index in [0.717, 1.165) is 52.4 Å². The topological polar surface area (TPSA) is 61.5 Å². The monoisotopic (exact) mass is 472 g/mol. The van der Waals surface area contributed by atoms with Crippen LogP contribution in [0.3, 0.4) is 0 Å². The van der Waals surface area contributed by atoms with Crippen molar-refractivity contribution in [2.45, 2.75) is 19.3 Å². The van der Waals surface area contributed by atoms with Crippen molar-refractivity contribution in [3.63, 3.8) is 0 Å². The van der Waals surface area contributed by atoms with E-state index < -0.39 is 0 Å². The number of aromatic amines is 1. The van der Waals surface area contributed by atoms with Crippen molar-refractivity contribution in [3.8, 4) is 17.1 Å². The SMILES string of the molecule is COc1ccc(N2CCN(C(=O)CCCc3c(-c4ccccn4)[nH]c4ccc(F)cc34)CC2)cc1. The summed E-state index contributed by atoms with van der Waals surface area (Å²) in [4.78, 5) is 25.1. The van der Waals surface area contributed by atoms with Crippen LogP contribution in [0.4, 0.5) is 10.1 Å². The van der Waals surface area contributed by atoms with Crippen LogP contribution >= 0.6 is 0 Å². The second-order valence-electron chi connectivity index (χ2n) is 8.80. The second kappa shape index (κ2) is 10.2. The molecule has 0 radical (unpaired) electrons. The van der Waals surface area contributed by atoms with Gasteiger partial charge >= 0.3 is 0 Å². The lowest BCUT2D eigenvalue weighted by Crippen LogP contribution is -2.48. The largest absolute Gasteiger partial charge is 0.497 e. The number of anilines is 1. The Labute approximate surface area is 204 Å². The van der Waals surface area contributed by atoms with Crippen molar-refractivity contribution in [2.75, 3.05) is 38.2 Å². The minimum atomic E-state index is -0.267. The van der Waals surface area contributed by atoms with Gasteiger partial charge in [-0.25, -0.2) is 4.39 Å². The number of amides is 1. The van der Waals surface area contributed by atoms with E-state index in [1.165, 1.54) is 6.07 Å². The molecule has 1 aliphatic heterocycles. The van der Waals surface area contributed by atoms with Crippen molar-refractivity contribution in [2.24, 2.45) is 0 Å². The van der Waals surface area contributed by atoms with E-state index >= 15 is 0 Å². The van der Waals surface area contributed by atoms with E-state index in [0.29, 0.717) is 32.4 Å². The second-order valence-corrected chi connectivity index (χ2v) is 8.80. The zero-order valence-electron chi connectivity index (χ0n) is 19.8. The third-order valence-corrected chi connectivity index (χ3v) is 6.68. The number of rotatable bonds is 7. The van der Waals surface area contributed by atoms with E-state index in [1.54, 1.807) is 25.4 Å².